The van der Waals surface area contributed by atoms with Crippen LogP contribution in [0.2, 0.25) is 0 Å². The highest BCUT2D eigenvalue weighted by Gasteiger charge is 2.27. The van der Waals surface area contributed by atoms with Gasteiger partial charge in [-0.2, -0.15) is 4.98 Å². The van der Waals surface area contributed by atoms with E-state index in [4.69, 9.17) is 15.0 Å². The van der Waals surface area contributed by atoms with Crippen LogP contribution in [0.25, 0.3) is 0 Å². The summed E-state index contributed by atoms with van der Waals surface area (Å²) >= 11 is 0. The van der Waals surface area contributed by atoms with E-state index in [0.717, 1.165) is 31.0 Å². The molecular weight excluding hydrogens is 194 g/mol. The number of nitrogens with two attached hydrogens (primary N) is 1. The van der Waals surface area contributed by atoms with E-state index in [2.05, 4.69) is 10.1 Å². The lowest BCUT2D eigenvalue weighted by Gasteiger charge is -2.01. The van der Waals surface area contributed by atoms with Crippen molar-refractivity contribution < 1.29 is 9.26 Å². The molecule has 2 atom stereocenters. The Bertz CT molecular complexity index is 313. The van der Waals surface area contributed by atoms with E-state index in [1.165, 1.54) is 0 Å². The fourth-order valence-electron chi connectivity index (χ4n) is 1.97. The lowest BCUT2D eigenvalue weighted by molar-refractivity contribution is 0.199. The molecule has 2 rings (SSSR count). The highest BCUT2D eigenvalue weighted by atomic mass is 16.5. The number of methoxy groups -OCH3 is 1. The minimum Gasteiger partial charge on any atom is -0.384 e. The van der Waals surface area contributed by atoms with Gasteiger partial charge in [0.25, 0.3) is 0 Å². The molecule has 1 aromatic heterocycles. The zero-order valence-corrected chi connectivity index (χ0v) is 8.98. The molecule has 0 bridgehead atoms. The van der Waals surface area contributed by atoms with Gasteiger partial charge in [-0.25, -0.2) is 0 Å². The van der Waals surface area contributed by atoms with E-state index in [-0.39, 0.29) is 0 Å². The number of nitrogens with zero attached hydrogens (tertiary/aromatic N) is 2. The quantitative estimate of drug-likeness (QED) is 0.799. The van der Waals surface area contributed by atoms with Gasteiger partial charge in [0.1, 0.15) is 0 Å². The average Bonchev–Trinajstić information content (AvgIpc) is 2.83. The maximum absolute atomic E-state index is 5.84. The Morgan fingerprint density at radius 3 is 3.07 bits per heavy atom. The first kappa shape index (κ1) is 10.6. The normalized spacial score (nSPS) is 26.0. The zero-order valence-electron chi connectivity index (χ0n) is 8.98. The fraction of sp³-hybridized carbons (Fsp3) is 0.800. The maximum atomic E-state index is 5.84. The van der Waals surface area contributed by atoms with Gasteiger partial charge in [0.05, 0.1) is 6.61 Å². The van der Waals surface area contributed by atoms with Crippen LogP contribution in [0.4, 0.5) is 0 Å². The smallest absolute Gasteiger partial charge is 0.229 e. The van der Waals surface area contributed by atoms with E-state index in [1.807, 2.05) is 0 Å². The predicted octanol–water partition coefficient (Wildman–Crippen LogP) is 0.853. The van der Waals surface area contributed by atoms with Gasteiger partial charge < -0.3 is 15.0 Å². The van der Waals surface area contributed by atoms with E-state index in [1.54, 1.807) is 7.11 Å². The molecule has 84 valence electrons. The summed E-state index contributed by atoms with van der Waals surface area (Å²) in [6.45, 7) is 0.628. The van der Waals surface area contributed by atoms with Crippen molar-refractivity contribution >= 4 is 0 Å². The molecule has 5 nitrogen and oxygen atoms in total. The van der Waals surface area contributed by atoms with E-state index in [0.29, 0.717) is 25.0 Å². The fourth-order valence-corrected chi connectivity index (χ4v) is 1.97. The Hall–Kier alpha value is -0.940. The third-order valence-corrected chi connectivity index (χ3v) is 2.84. The molecule has 2 unspecified atom stereocenters. The molecule has 1 aliphatic rings. The van der Waals surface area contributed by atoms with Gasteiger partial charge in [-0.3, -0.25) is 0 Å². The third-order valence-electron chi connectivity index (χ3n) is 2.84. The van der Waals surface area contributed by atoms with Crippen molar-refractivity contribution in [3.8, 4) is 0 Å². The van der Waals surface area contributed by atoms with Crippen molar-refractivity contribution in [3.63, 3.8) is 0 Å². The third kappa shape index (κ3) is 2.54. The molecule has 0 saturated heterocycles. The zero-order chi connectivity index (χ0) is 10.7. The van der Waals surface area contributed by atoms with Crippen LogP contribution in [0.1, 0.15) is 36.9 Å². The van der Waals surface area contributed by atoms with E-state index >= 15 is 0 Å². The van der Waals surface area contributed by atoms with Gasteiger partial charge in [-0.1, -0.05) is 5.16 Å². The Labute approximate surface area is 89.0 Å². The molecular formula is C10H17N3O2. The molecule has 1 aliphatic carbocycles. The lowest BCUT2D eigenvalue weighted by Crippen LogP contribution is -2.14. The Morgan fingerprint density at radius 1 is 1.53 bits per heavy atom. The molecule has 0 amide bonds. The van der Waals surface area contributed by atoms with Crippen molar-refractivity contribution in [2.75, 3.05) is 13.7 Å². The molecule has 0 aromatic carbocycles. The SMILES string of the molecule is COCCc1noc(C2CCC(N)C2)n1. The summed E-state index contributed by atoms with van der Waals surface area (Å²) in [5.74, 6) is 1.84. The van der Waals surface area contributed by atoms with Crippen LogP contribution >= 0.6 is 0 Å². The number of hydrogen-bond donors (Lipinski definition) is 1. The second-order valence-corrected chi connectivity index (χ2v) is 4.06. The minimum absolute atomic E-state index is 0.296. The first-order valence-corrected chi connectivity index (χ1v) is 5.36. The number of rotatable bonds is 4. The average molecular weight is 211 g/mol. The first-order valence-electron chi connectivity index (χ1n) is 5.36. The van der Waals surface area contributed by atoms with Crippen LogP contribution in [-0.2, 0) is 11.2 Å². The van der Waals surface area contributed by atoms with Crippen LogP contribution in [0.3, 0.4) is 0 Å². The van der Waals surface area contributed by atoms with Crippen molar-refractivity contribution in [2.24, 2.45) is 5.73 Å². The predicted molar refractivity (Wildman–Crippen MR) is 54.4 cm³/mol. The Balaban J connectivity index is 1.94. The van der Waals surface area contributed by atoms with Crippen molar-refractivity contribution in [3.05, 3.63) is 11.7 Å². The van der Waals surface area contributed by atoms with Crippen molar-refractivity contribution in [1.82, 2.24) is 10.1 Å². The number of aromatic nitrogens is 2. The summed E-state index contributed by atoms with van der Waals surface area (Å²) in [6.07, 6.45) is 3.79. The van der Waals surface area contributed by atoms with Crippen molar-refractivity contribution in [2.45, 2.75) is 37.6 Å². The summed E-state index contributed by atoms with van der Waals surface area (Å²) in [7, 11) is 1.66. The Kier molecular flexibility index (Phi) is 3.33. The van der Waals surface area contributed by atoms with Gasteiger partial charge in [-0.05, 0) is 19.3 Å². The summed E-state index contributed by atoms with van der Waals surface area (Å²) in [6, 6.07) is 0.296. The monoisotopic (exact) mass is 211 g/mol. The second kappa shape index (κ2) is 4.72. The molecule has 15 heavy (non-hydrogen) atoms. The number of hydrogen-bond acceptors (Lipinski definition) is 5. The molecule has 0 radical (unpaired) electrons. The van der Waals surface area contributed by atoms with E-state index < -0.39 is 0 Å². The second-order valence-electron chi connectivity index (χ2n) is 4.06. The Morgan fingerprint density at radius 2 is 2.40 bits per heavy atom. The van der Waals surface area contributed by atoms with Gasteiger partial charge in [0.15, 0.2) is 5.82 Å². The molecule has 1 aromatic rings. The van der Waals surface area contributed by atoms with Crippen molar-refractivity contribution in [1.29, 1.82) is 0 Å². The molecule has 5 heteroatoms. The summed E-state index contributed by atoms with van der Waals surface area (Å²) in [4.78, 5) is 4.35. The van der Waals surface area contributed by atoms with Crippen LogP contribution in [-0.4, -0.2) is 29.9 Å². The van der Waals surface area contributed by atoms with Crippen LogP contribution in [0, 0.1) is 0 Å². The molecule has 1 fully saturated rings. The molecule has 1 heterocycles. The highest BCUT2D eigenvalue weighted by Crippen LogP contribution is 2.32. The van der Waals surface area contributed by atoms with Crippen LogP contribution in [0.5, 0.6) is 0 Å². The maximum Gasteiger partial charge on any atom is 0.229 e. The molecule has 0 aliphatic heterocycles. The summed E-state index contributed by atoms with van der Waals surface area (Å²) < 4.78 is 10.2. The summed E-state index contributed by atoms with van der Waals surface area (Å²) in [5.41, 5.74) is 5.84. The standard InChI is InChI=1S/C10H17N3O2/c1-14-5-4-9-12-10(15-13-9)7-2-3-8(11)6-7/h7-8H,2-6,11H2,1H3. The highest BCUT2D eigenvalue weighted by molar-refractivity contribution is 4.99. The number of ether oxygens (including phenoxy) is 1. The van der Waals surface area contributed by atoms with Crippen LogP contribution in [0.15, 0.2) is 4.52 Å². The van der Waals surface area contributed by atoms with Crippen LogP contribution < -0.4 is 5.73 Å². The van der Waals surface area contributed by atoms with Gasteiger partial charge in [-0.15, -0.1) is 0 Å². The first-order chi connectivity index (χ1) is 7.29. The lowest BCUT2D eigenvalue weighted by atomic mass is 10.1. The summed E-state index contributed by atoms with van der Waals surface area (Å²) in [5, 5.41) is 3.92. The topological polar surface area (TPSA) is 74.2 Å². The van der Waals surface area contributed by atoms with Gasteiger partial charge in [0, 0.05) is 25.5 Å². The largest absolute Gasteiger partial charge is 0.384 e. The van der Waals surface area contributed by atoms with Gasteiger partial charge >= 0.3 is 0 Å². The molecule has 0 spiro atoms. The molecule has 1 saturated carbocycles. The van der Waals surface area contributed by atoms with E-state index in [9.17, 15) is 0 Å². The molecule has 2 N–H and O–H groups in total. The van der Waals surface area contributed by atoms with Gasteiger partial charge in [0.2, 0.25) is 5.89 Å². The minimum atomic E-state index is 0.296.